The molecule has 1 amide bonds. The lowest BCUT2D eigenvalue weighted by molar-refractivity contribution is -0.0500. The highest BCUT2D eigenvalue weighted by Gasteiger charge is 2.48. The molecule has 0 radical (unpaired) electrons. The molecular weight excluding hydrogens is 510 g/mol. The van der Waals surface area contributed by atoms with Crippen molar-refractivity contribution in [2.45, 2.75) is 18.5 Å². The number of furan rings is 1. The van der Waals surface area contributed by atoms with E-state index in [1.54, 1.807) is 31.2 Å². The number of rotatable bonds is 6. The van der Waals surface area contributed by atoms with Gasteiger partial charge in [0.05, 0.1) is 0 Å². The maximum atomic E-state index is 12.5. The zero-order chi connectivity index (χ0) is 24.4. The van der Waals surface area contributed by atoms with Crippen molar-refractivity contribution in [3.05, 3.63) is 70.4 Å². The fourth-order valence-corrected chi connectivity index (χ4v) is 3.59. The molecule has 1 aromatic heterocycles. The predicted molar refractivity (Wildman–Crippen MR) is 115 cm³/mol. The Hall–Kier alpha value is -2.89. The molecule has 176 valence electrons. The van der Waals surface area contributed by atoms with Crippen LogP contribution in [0.1, 0.15) is 18.6 Å². The van der Waals surface area contributed by atoms with Gasteiger partial charge in [0.1, 0.15) is 28.8 Å². The van der Waals surface area contributed by atoms with Crippen LogP contribution in [0.2, 0.25) is 10.0 Å². The van der Waals surface area contributed by atoms with Crippen LogP contribution in [-0.4, -0.2) is 20.0 Å². The van der Waals surface area contributed by atoms with Gasteiger partial charge in [-0.2, -0.15) is 21.6 Å². The minimum Gasteiger partial charge on any atom is -0.460 e. The number of alkyl halides is 3. The van der Waals surface area contributed by atoms with Gasteiger partial charge < -0.3 is 13.3 Å². The van der Waals surface area contributed by atoms with E-state index in [1.165, 1.54) is 12.1 Å². The summed E-state index contributed by atoms with van der Waals surface area (Å²) in [5.74, 6) is -0.524. The molecule has 1 heterocycles. The molecule has 7 nitrogen and oxygen atoms in total. The SMILES string of the molecule is C[C@@H](OC(=O)Nc1c(Cl)coc1-c1ccc(OS(=O)(=O)C(F)(F)F)cc1)c1ccccc1Cl. The standard InChI is InChI=1S/C20H14Cl2F3NO6S/c1-11(14-4-2-3-5-15(14)21)31-19(27)26-17-16(22)10-30-18(17)12-6-8-13(9-7-12)32-33(28,29)20(23,24)25/h2-11H,1H3,(H,26,27)/t11-/m1/s1. The fourth-order valence-electron chi connectivity index (χ4n) is 2.66. The minimum atomic E-state index is -5.81. The summed E-state index contributed by atoms with van der Waals surface area (Å²) in [5.41, 5.74) is -4.70. The Morgan fingerprint density at radius 3 is 2.30 bits per heavy atom. The lowest BCUT2D eigenvalue weighted by atomic mass is 10.1. The van der Waals surface area contributed by atoms with Crippen LogP contribution in [0, 0.1) is 0 Å². The lowest BCUT2D eigenvalue weighted by Crippen LogP contribution is -2.28. The Morgan fingerprint density at radius 2 is 1.70 bits per heavy atom. The van der Waals surface area contributed by atoms with Crippen molar-refractivity contribution in [1.82, 2.24) is 0 Å². The van der Waals surface area contributed by atoms with Gasteiger partial charge in [-0.15, -0.1) is 0 Å². The van der Waals surface area contributed by atoms with Gasteiger partial charge in [0, 0.05) is 16.1 Å². The van der Waals surface area contributed by atoms with Gasteiger partial charge in [-0.25, -0.2) is 4.79 Å². The second kappa shape index (κ2) is 9.54. The average Bonchev–Trinajstić information content (AvgIpc) is 3.08. The summed E-state index contributed by atoms with van der Waals surface area (Å²) in [6.45, 7) is 1.62. The van der Waals surface area contributed by atoms with E-state index in [9.17, 15) is 26.4 Å². The first-order valence-corrected chi connectivity index (χ1v) is 11.2. The number of hydrogen-bond acceptors (Lipinski definition) is 6. The van der Waals surface area contributed by atoms with Crippen LogP contribution in [-0.2, 0) is 14.9 Å². The summed E-state index contributed by atoms with van der Waals surface area (Å²) in [6.07, 6.45) is -0.439. The van der Waals surface area contributed by atoms with Crippen molar-refractivity contribution >= 4 is 45.1 Å². The van der Waals surface area contributed by atoms with E-state index in [2.05, 4.69) is 9.50 Å². The van der Waals surface area contributed by atoms with Crippen molar-refractivity contribution in [1.29, 1.82) is 0 Å². The first-order chi connectivity index (χ1) is 15.4. The summed E-state index contributed by atoms with van der Waals surface area (Å²) >= 11 is 12.2. The predicted octanol–water partition coefficient (Wildman–Crippen LogP) is 6.79. The van der Waals surface area contributed by atoms with Crippen molar-refractivity contribution < 1.29 is 39.7 Å². The number of halogens is 5. The third-order valence-corrected chi connectivity index (χ3v) is 5.81. The van der Waals surface area contributed by atoms with Crippen molar-refractivity contribution in [3.8, 4) is 17.1 Å². The fraction of sp³-hybridized carbons (Fsp3) is 0.150. The number of anilines is 1. The molecule has 0 saturated heterocycles. The van der Waals surface area contributed by atoms with E-state index in [4.69, 9.17) is 32.4 Å². The van der Waals surface area contributed by atoms with Crippen LogP contribution in [0.4, 0.5) is 23.7 Å². The summed E-state index contributed by atoms with van der Waals surface area (Å²) in [4.78, 5) is 12.4. The van der Waals surface area contributed by atoms with Gasteiger partial charge in [0.25, 0.3) is 0 Å². The van der Waals surface area contributed by atoms with Gasteiger partial charge in [-0.1, -0.05) is 41.4 Å². The van der Waals surface area contributed by atoms with Gasteiger partial charge in [-0.3, -0.25) is 5.32 Å². The highest BCUT2D eigenvalue weighted by Crippen LogP contribution is 2.38. The molecule has 1 atom stereocenters. The third kappa shape index (κ3) is 5.73. The Kier molecular flexibility index (Phi) is 7.15. The molecule has 1 N–H and O–H groups in total. The maximum absolute atomic E-state index is 12.5. The topological polar surface area (TPSA) is 94.8 Å². The first-order valence-electron chi connectivity index (χ1n) is 8.99. The monoisotopic (exact) mass is 523 g/mol. The number of benzene rings is 2. The second-order valence-electron chi connectivity index (χ2n) is 6.49. The number of amides is 1. The molecule has 0 saturated carbocycles. The largest absolute Gasteiger partial charge is 0.534 e. The number of carbonyl (C=O) groups is 1. The van der Waals surface area contributed by atoms with Gasteiger partial charge in [-0.05, 0) is 37.3 Å². The van der Waals surface area contributed by atoms with Crippen LogP contribution in [0.15, 0.2) is 59.2 Å². The van der Waals surface area contributed by atoms with E-state index in [-0.39, 0.29) is 22.0 Å². The molecule has 2 aromatic carbocycles. The first kappa shape index (κ1) is 24.7. The molecule has 33 heavy (non-hydrogen) atoms. The summed E-state index contributed by atoms with van der Waals surface area (Å²) in [7, 11) is -5.81. The van der Waals surface area contributed by atoms with Gasteiger partial charge in [0.2, 0.25) is 0 Å². The molecule has 0 fully saturated rings. The Labute approximate surface area is 196 Å². The Balaban J connectivity index is 1.76. The van der Waals surface area contributed by atoms with Crippen LogP contribution in [0.3, 0.4) is 0 Å². The van der Waals surface area contributed by atoms with Gasteiger partial charge >= 0.3 is 21.7 Å². The lowest BCUT2D eigenvalue weighted by Gasteiger charge is -2.15. The normalized spacial score (nSPS) is 12.8. The van der Waals surface area contributed by atoms with Crippen LogP contribution >= 0.6 is 23.2 Å². The number of ether oxygens (including phenoxy) is 1. The van der Waals surface area contributed by atoms with E-state index < -0.39 is 33.6 Å². The van der Waals surface area contributed by atoms with E-state index in [0.717, 1.165) is 18.4 Å². The number of hydrogen-bond donors (Lipinski definition) is 1. The number of carbonyl (C=O) groups excluding carboxylic acids is 1. The Morgan fingerprint density at radius 1 is 1.06 bits per heavy atom. The van der Waals surface area contributed by atoms with Crippen LogP contribution in [0.25, 0.3) is 11.3 Å². The number of nitrogens with one attached hydrogen (secondary N) is 1. The second-order valence-corrected chi connectivity index (χ2v) is 8.84. The Bertz CT molecular complexity index is 1260. The zero-order valence-corrected chi connectivity index (χ0v) is 18.8. The minimum absolute atomic E-state index is 0.0207. The summed E-state index contributed by atoms with van der Waals surface area (Å²) in [5, 5.41) is 2.88. The van der Waals surface area contributed by atoms with Crippen LogP contribution < -0.4 is 9.50 Å². The van der Waals surface area contributed by atoms with E-state index >= 15 is 0 Å². The van der Waals surface area contributed by atoms with Gasteiger partial charge in [0.15, 0.2) is 5.76 Å². The smallest absolute Gasteiger partial charge is 0.460 e. The van der Waals surface area contributed by atoms with Crippen molar-refractivity contribution in [3.63, 3.8) is 0 Å². The van der Waals surface area contributed by atoms with Crippen molar-refractivity contribution in [2.75, 3.05) is 5.32 Å². The third-order valence-electron chi connectivity index (χ3n) is 4.21. The molecule has 13 heteroatoms. The summed E-state index contributed by atoms with van der Waals surface area (Å²) < 4.78 is 74.3. The molecule has 3 rings (SSSR count). The summed E-state index contributed by atoms with van der Waals surface area (Å²) in [6, 6.07) is 11.2. The van der Waals surface area contributed by atoms with E-state index in [0.29, 0.717) is 10.6 Å². The quantitative estimate of drug-likeness (QED) is 0.282. The molecule has 3 aromatic rings. The maximum Gasteiger partial charge on any atom is 0.534 e. The highest BCUT2D eigenvalue weighted by atomic mass is 35.5. The molecule has 0 spiro atoms. The van der Waals surface area contributed by atoms with Crippen molar-refractivity contribution in [2.24, 2.45) is 0 Å². The average molecular weight is 524 g/mol. The van der Waals surface area contributed by atoms with E-state index in [1.807, 2.05) is 0 Å². The molecule has 0 bridgehead atoms. The highest BCUT2D eigenvalue weighted by molar-refractivity contribution is 7.88. The molecular formula is C20H14Cl2F3NO6S. The zero-order valence-electron chi connectivity index (χ0n) is 16.5. The molecule has 0 aliphatic carbocycles. The van der Waals surface area contributed by atoms with Crippen LogP contribution in [0.5, 0.6) is 5.75 Å². The molecule has 0 aliphatic rings. The molecule has 0 aliphatic heterocycles. The molecule has 0 unspecified atom stereocenters.